The van der Waals surface area contributed by atoms with Crippen LogP contribution in [0.15, 0.2) is 29.2 Å². The van der Waals surface area contributed by atoms with E-state index in [2.05, 4.69) is 42.6 Å². The molecule has 1 N–H and O–H groups in total. The van der Waals surface area contributed by atoms with Crippen molar-refractivity contribution in [2.24, 2.45) is 0 Å². The zero-order chi connectivity index (χ0) is 11.4. The highest BCUT2D eigenvalue weighted by Gasteiger charge is 2.24. The molecular formula is C13H16N2S. The minimum atomic E-state index is -0.0150. The highest BCUT2D eigenvalue weighted by molar-refractivity contribution is 7.99. The van der Waals surface area contributed by atoms with Gasteiger partial charge in [0, 0.05) is 16.7 Å². The smallest absolute Gasteiger partial charge is 0.105 e. The van der Waals surface area contributed by atoms with Crippen LogP contribution >= 0.6 is 11.8 Å². The van der Waals surface area contributed by atoms with E-state index in [1.165, 1.54) is 23.3 Å². The number of nitriles is 1. The summed E-state index contributed by atoms with van der Waals surface area (Å²) in [5.41, 5.74) is 1.28. The van der Waals surface area contributed by atoms with Crippen LogP contribution < -0.4 is 5.32 Å². The van der Waals surface area contributed by atoms with Gasteiger partial charge >= 0.3 is 0 Å². The number of nitrogens with zero attached hydrogens (tertiary/aromatic N) is 1. The summed E-state index contributed by atoms with van der Waals surface area (Å²) in [6.07, 6.45) is 2.46. The molecule has 1 fully saturated rings. The first-order valence-corrected chi connectivity index (χ1v) is 6.61. The van der Waals surface area contributed by atoms with E-state index in [-0.39, 0.29) is 6.04 Å². The third-order valence-corrected chi connectivity index (χ3v) is 3.71. The van der Waals surface area contributed by atoms with Gasteiger partial charge in [0.1, 0.15) is 6.04 Å². The Morgan fingerprint density at radius 1 is 1.44 bits per heavy atom. The highest BCUT2D eigenvalue weighted by atomic mass is 32.2. The number of thioether (sulfide) groups is 1. The standard InChI is InChI=1S/C13H16N2S/c1-10-2-6-13(7-3-10)16-9-12(8-14)15-11-4-5-11/h2-3,6-7,11-12,15H,4-5,9H2,1H3. The molecule has 1 aliphatic carbocycles. The van der Waals surface area contributed by atoms with E-state index in [4.69, 9.17) is 5.26 Å². The molecule has 0 aliphatic heterocycles. The van der Waals surface area contributed by atoms with Crippen molar-refractivity contribution in [2.45, 2.75) is 36.7 Å². The van der Waals surface area contributed by atoms with E-state index in [0.29, 0.717) is 6.04 Å². The number of nitrogens with one attached hydrogen (secondary N) is 1. The lowest BCUT2D eigenvalue weighted by molar-refractivity contribution is 0.644. The Bertz CT molecular complexity index is 376. The summed E-state index contributed by atoms with van der Waals surface area (Å²) < 4.78 is 0. The first-order chi connectivity index (χ1) is 7.78. The highest BCUT2D eigenvalue weighted by Crippen LogP contribution is 2.22. The predicted octanol–water partition coefficient (Wildman–Crippen LogP) is 2.73. The molecule has 0 saturated heterocycles. The van der Waals surface area contributed by atoms with Gasteiger partial charge in [-0.2, -0.15) is 5.26 Å². The van der Waals surface area contributed by atoms with Gasteiger partial charge in [0.2, 0.25) is 0 Å². The molecule has 0 heterocycles. The molecule has 2 rings (SSSR count). The fraction of sp³-hybridized carbons (Fsp3) is 0.462. The van der Waals surface area contributed by atoms with Gasteiger partial charge in [-0.05, 0) is 31.9 Å². The molecule has 84 valence electrons. The topological polar surface area (TPSA) is 35.8 Å². The second-order valence-electron chi connectivity index (χ2n) is 4.25. The molecule has 1 atom stereocenters. The summed E-state index contributed by atoms with van der Waals surface area (Å²) in [5.74, 6) is 0.829. The molecule has 1 aromatic rings. The van der Waals surface area contributed by atoms with Gasteiger partial charge in [0.25, 0.3) is 0 Å². The van der Waals surface area contributed by atoms with Crippen molar-refractivity contribution in [3.63, 3.8) is 0 Å². The van der Waals surface area contributed by atoms with Crippen LogP contribution in [0.4, 0.5) is 0 Å². The third-order valence-electron chi connectivity index (χ3n) is 2.61. The zero-order valence-corrected chi connectivity index (χ0v) is 10.3. The van der Waals surface area contributed by atoms with Gasteiger partial charge in [0.05, 0.1) is 6.07 Å². The van der Waals surface area contributed by atoms with E-state index in [1.54, 1.807) is 11.8 Å². The lowest BCUT2D eigenvalue weighted by Crippen LogP contribution is -2.31. The molecule has 0 spiro atoms. The monoisotopic (exact) mass is 232 g/mol. The quantitative estimate of drug-likeness (QED) is 0.793. The Balaban J connectivity index is 1.80. The van der Waals surface area contributed by atoms with E-state index >= 15 is 0 Å². The Morgan fingerprint density at radius 2 is 2.12 bits per heavy atom. The fourth-order valence-corrected chi connectivity index (χ4v) is 2.33. The average Bonchev–Trinajstić information content (AvgIpc) is 3.10. The molecule has 0 aromatic heterocycles. The number of benzene rings is 1. The van der Waals surface area contributed by atoms with Crippen LogP contribution in [0.1, 0.15) is 18.4 Å². The molecule has 0 amide bonds. The summed E-state index contributed by atoms with van der Waals surface area (Å²) in [6, 6.07) is 11.4. The van der Waals surface area contributed by atoms with Crippen molar-refractivity contribution >= 4 is 11.8 Å². The zero-order valence-electron chi connectivity index (χ0n) is 9.44. The van der Waals surface area contributed by atoms with Crippen LogP contribution in [0.5, 0.6) is 0 Å². The van der Waals surface area contributed by atoms with Crippen LogP contribution in [0, 0.1) is 18.3 Å². The first-order valence-electron chi connectivity index (χ1n) is 5.63. The molecule has 1 aromatic carbocycles. The summed E-state index contributed by atoms with van der Waals surface area (Å²) in [4.78, 5) is 1.24. The Hall–Kier alpha value is -0.980. The molecule has 1 saturated carbocycles. The minimum absolute atomic E-state index is 0.0150. The van der Waals surface area contributed by atoms with Gasteiger partial charge in [-0.25, -0.2) is 0 Å². The Kier molecular flexibility index (Phi) is 3.87. The molecule has 3 heteroatoms. The molecule has 0 bridgehead atoms. The van der Waals surface area contributed by atoms with E-state index in [1.807, 2.05) is 0 Å². The van der Waals surface area contributed by atoms with Crippen LogP contribution in [0.3, 0.4) is 0 Å². The van der Waals surface area contributed by atoms with Gasteiger partial charge in [0.15, 0.2) is 0 Å². The lowest BCUT2D eigenvalue weighted by Gasteiger charge is -2.10. The van der Waals surface area contributed by atoms with E-state index < -0.39 is 0 Å². The number of rotatable bonds is 5. The average molecular weight is 232 g/mol. The van der Waals surface area contributed by atoms with Crippen LogP contribution in [0.2, 0.25) is 0 Å². The number of aryl methyl sites for hydroxylation is 1. The van der Waals surface area contributed by atoms with Crippen molar-refractivity contribution in [3.05, 3.63) is 29.8 Å². The summed E-state index contributed by atoms with van der Waals surface area (Å²) in [6.45, 7) is 2.08. The van der Waals surface area contributed by atoms with Crippen molar-refractivity contribution < 1.29 is 0 Å². The Morgan fingerprint density at radius 3 is 2.69 bits per heavy atom. The largest absolute Gasteiger partial charge is 0.298 e. The number of hydrogen-bond donors (Lipinski definition) is 1. The van der Waals surface area contributed by atoms with Crippen molar-refractivity contribution in [2.75, 3.05) is 5.75 Å². The van der Waals surface area contributed by atoms with Crippen LogP contribution in [-0.4, -0.2) is 17.8 Å². The molecule has 1 unspecified atom stereocenters. The van der Waals surface area contributed by atoms with Crippen LogP contribution in [-0.2, 0) is 0 Å². The molecule has 1 aliphatic rings. The van der Waals surface area contributed by atoms with E-state index in [0.717, 1.165) is 5.75 Å². The molecular weight excluding hydrogens is 216 g/mol. The Labute approximate surface area is 101 Å². The van der Waals surface area contributed by atoms with Crippen molar-refractivity contribution in [1.29, 1.82) is 5.26 Å². The molecule has 2 nitrogen and oxygen atoms in total. The van der Waals surface area contributed by atoms with Crippen molar-refractivity contribution in [1.82, 2.24) is 5.32 Å². The maximum Gasteiger partial charge on any atom is 0.105 e. The van der Waals surface area contributed by atoms with Crippen LogP contribution in [0.25, 0.3) is 0 Å². The first kappa shape index (κ1) is 11.5. The van der Waals surface area contributed by atoms with E-state index in [9.17, 15) is 0 Å². The lowest BCUT2D eigenvalue weighted by atomic mass is 10.2. The maximum absolute atomic E-state index is 9.00. The summed E-state index contributed by atoms with van der Waals surface area (Å²) in [5, 5.41) is 12.3. The molecule has 0 radical (unpaired) electrons. The van der Waals surface area contributed by atoms with Gasteiger partial charge in [-0.3, -0.25) is 5.32 Å². The fourth-order valence-electron chi connectivity index (χ4n) is 1.47. The van der Waals surface area contributed by atoms with Gasteiger partial charge < -0.3 is 0 Å². The normalized spacial score (nSPS) is 16.8. The SMILES string of the molecule is Cc1ccc(SCC(C#N)NC2CC2)cc1. The predicted molar refractivity (Wildman–Crippen MR) is 67.5 cm³/mol. The summed E-state index contributed by atoms with van der Waals surface area (Å²) >= 11 is 1.75. The molecule has 16 heavy (non-hydrogen) atoms. The third kappa shape index (κ3) is 3.55. The number of hydrogen-bond acceptors (Lipinski definition) is 3. The van der Waals surface area contributed by atoms with Gasteiger partial charge in [-0.1, -0.05) is 17.7 Å². The second-order valence-corrected chi connectivity index (χ2v) is 5.34. The van der Waals surface area contributed by atoms with Crippen molar-refractivity contribution in [3.8, 4) is 6.07 Å². The minimum Gasteiger partial charge on any atom is -0.298 e. The maximum atomic E-state index is 9.00. The summed E-state index contributed by atoms with van der Waals surface area (Å²) in [7, 11) is 0. The second kappa shape index (κ2) is 5.38. The van der Waals surface area contributed by atoms with Gasteiger partial charge in [-0.15, -0.1) is 11.8 Å².